The fourth-order valence-corrected chi connectivity index (χ4v) is 8.33. The second-order valence-electron chi connectivity index (χ2n) is 14.5. The number of rotatable bonds is 21. The van der Waals surface area contributed by atoms with Gasteiger partial charge in [0.25, 0.3) is 0 Å². The lowest BCUT2D eigenvalue weighted by Crippen LogP contribution is -2.45. The van der Waals surface area contributed by atoms with Crippen LogP contribution in [0.25, 0.3) is 0 Å². The number of piperidine rings is 1. The summed E-state index contributed by atoms with van der Waals surface area (Å²) in [6.45, 7) is 8.79. The molecular weight excluding hydrogens is 729 g/mol. The lowest BCUT2D eigenvalue weighted by Gasteiger charge is -2.41. The number of terminal acetylenes is 1. The van der Waals surface area contributed by atoms with Crippen LogP contribution in [0.3, 0.4) is 0 Å². The van der Waals surface area contributed by atoms with Gasteiger partial charge in [-0.25, -0.2) is 14.6 Å². The number of aromatic nitrogens is 2. The number of hydrogen-bond acceptors (Lipinski definition) is 10. The molecule has 0 spiro atoms. The largest absolute Gasteiger partial charge is 0.491 e. The molecule has 14 heteroatoms. The number of carbonyl (C=O) groups is 2. The summed E-state index contributed by atoms with van der Waals surface area (Å²) in [5, 5.41) is 3.09. The van der Waals surface area contributed by atoms with Crippen molar-refractivity contribution in [1.82, 2.24) is 19.4 Å². The Balaban J connectivity index is 0.917. The van der Waals surface area contributed by atoms with Gasteiger partial charge in [-0.05, 0) is 75.4 Å². The summed E-state index contributed by atoms with van der Waals surface area (Å²) in [7, 11) is 1.43. The number of nitrogens with zero attached hydrogens (tertiary/aromatic N) is 5. The highest BCUT2D eigenvalue weighted by atomic mass is 16.6. The normalized spacial score (nSPS) is 18.8. The molecule has 3 aromatic rings. The summed E-state index contributed by atoms with van der Waals surface area (Å²) in [5.41, 5.74) is 3.84. The SMILES string of the molecule is C#CCOCCOCCOCCOCCOc1ccc(NC(=O)N(CCCN2C3CCC2CC(n2c(C)nc4c2CCN(C(=O)OC)C4)C3)c2ccccc2)cc1. The van der Waals surface area contributed by atoms with E-state index in [4.69, 9.17) is 39.8 Å². The number of carbonyl (C=O) groups excluding carboxylic acids is 2. The minimum atomic E-state index is -0.293. The molecule has 2 saturated heterocycles. The Labute approximate surface area is 336 Å². The Kier molecular flexibility index (Phi) is 16.0. The van der Waals surface area contributed by atoms with Gasteiger partial charge in [0.15, 0.2) is 0 Å². The van der Waals surface area contributed by atoms with Gasteiger partial charge in [-0.3, -0.25) is 9.80 Å². The first kappa shape index (κ1) is 42.0. The third-order valence-electron chi connectivity index (χ3n) is 10.9. The lowest BCUT2D eigenvalue weighted by atomic mass is 9.95. The number of urea groups is 1. The molecule has 308 valence electrons. The summed E-state index contributed by atoms with van der Waals surface area (Å²) in [6, 6.07) is 18.5. The summed E-state index contributed by atoms with van der Waals surface area (Å²) in [5.74, 6) is 4.15. The van der Waals surface area contributed by atoms with Crippen LogP contribution in [0.15, 0.2) is 54.6 Å². The molecule has 2 unspecified atom stereocenters. The zero-order chi connectivity index (χ0) is 39.8. The van der Waals surface area contributed by atoms with Gasteiger partial charge in [0.1, 0.15) is 24.8 Å². The summed E-state index contributed by atoms with van der Waals surface area (Å²) in [4.78, 5) is 37.0. The highest BCUT2D eigenvalue weighted by molar-refractivity contribution is 6.01. The van der Waals surface area contributed by atoms with E-state index in [9.17, 15) is 9.59 Å². The molecule has 0 saturated carbocycles. The van der Waals surface area contributed by atoms with Crippen molar-refractivity contribution in [3.63, 3.8) is 0 Å². The Morgan fingerprint density at radius 1 is 0.877 bits per heavy atom. The topological polar surface area (TPSA) is 129 Å². The van der Waals surface area contributed by atoms with Crippen molar-refractivity contribution in [3.05, 3.63) is 71.8 Å². The minimum absolute atomic E-state index is 0.168. The van der Waals surface area contributed by atoms with Crippen LogP contribution in [0, 0.1) is 19.3 Å². The number of ether oxygens (including phenoxy) is 6. The molecule has 14 nitrogen and oxygen atoms in total. The molecule has 2 aromatic carbocycles. The van der Waals surface area contributed by atoms with E-state index in [1.54, 1.807) is 4.90 Å². The van der Waals surface area contributed by atoms with Gasteiger partial charge in [0, 0.05) is 61.2 Å². The van der Waals surface area contributed by atoms with E-state index in [-0.39, 0.29) is 12.1 Å². The summed E-state index contributed by atoms with van der Waals surface area (Å²) < 4.78 is 34.9. The Morgan fingerprint density at radius 3 is 2.18 bits per heavy atom. The lowest BCUT2D eigenvalue weighted by molar-refractivity contribution is -0.00187. The molecule has 3 aliphatic rings. The predicted molar refractivity (Wildman–Crippen MR) is 217 cm³/mol. The molecule has 4 heterocycles. The number of imidazole rings is 1. The Hall–Kier alpha value is -4.65. The fraction of sp³-hybridized carbons (Fsp3) is 0.558. The standard InChI is InChI=1S/C43H58N6O8/c1-4-21-53-22-23-54-24-25-55-26-27-56-28-29-57-39-15-11-34(12-16-39)45-42(50)48(35-9-6-5-7-10-35)19-8-18-47-36-13-14-37(47)31-38(30-36)49-33(2)44-40-32-46(43(51)52-3)20-17-41(40)49/h1,5-7,9-12,15-16,36-38H,8,13-14,17-32H2,2-3H3,(H,45,50). The second-order valence-corrected chi connectivity index (χ2v) is 14.5. The van der Waals surface area contributed by atoms with Crippen LogP contribution < -0.4 is 15.0 Å². The molecule has 2 bridgehead atoms. The quantitative estimate of drug-likeness (QED) is 0.106. The fourth-order valence-electron chi connectivity index (χ4n) is 8.33. The predicted octanol–water partition coefficient (Wildman–Crippen LogP) is 5.69. The zero-order valence-corrected chi connectivity index (χ0v) is 33.4. The molecule has 2 fully saturated rings. The number of para-hydroxylation sites is 1. The van der Waals surface area contributed by atoms with E-state index in [1.165, 1.54) is 25.6 Å². The van der Waals surface area contributed by atoms with Crippen LogP contribution in [0.4, 0.5) is 21.0 Å². The zero-order valence-electron chi connectivity index (χ0n) is 33.4. The molecule has 0 aliphatic carbocycles. The van der Waals surface area contributed by atoms with Gasteiger partial charge in [0.2, 0.25) is 0 Å². The van der Waals surface area contributed by atoms with Gasteiger partial charge >= 0.3 is 12.1 Å². The Morgan fingerprint density at radius 2 is 1.53 bits per heavy atom. The molecule has 1 aromatic heterocycles. The number of amides is 3. The van der Waals surface area contributed by atoms with Gasteiger partial charge in [-0.15, -0.1) is 6.42 Å². The van der Waals surface area contributed by atoms with Crippen LogP contribution in [0.2, 0.25) is 0 Å². The van der Waals surface area contributed by atoms with Crippen molar-refractivity contribution in [2.24, 2.45) is 0 Å². The van der Waals surface area contributed by atoms with E-state index >= 15 is 0 Å². The van der Waals surface area contributed by atoms with Crippen LogP contribution in [-0.2, 0) is 36.6 Å². The highest BCUT2D eigenvalue weighted by Gasteiger charge is 2.42. The summed E-state index contributed by atoms with van der Waals surface area (Å²) in [6.07, 6.45) is 11.1. The van der Waals surface area contributed by atoms with Gasteiger partial charge in [0.05, 0.1) is 65.6 Å². The Bertz CT molecular complexity index is 1730. The maximum atomic E-state index is 13.7. The van der Waals surface area contributed by atoms with Crippen molar-refractivity contribution in [2.45, 2.75) is 70.1 Å². The maximum Gasteiger partial charge on any atom is 0.409 e. The third kappa shape index (κ3) is 11.7. The molecule has 1 N–H and O–H groups in total. The number of fused-ring (bicyclic) bond motifs is 3. The number of hydrogen-bond donors (Lipinski definition) is 1. The first-order chi connectivity index (χ1) is 27.9. The average Bonchev–Trinajstić information content (AvgIpc) is 3.68. The van der Waals surface area contributed by atoms with Crippen molar-refractivity contribution in [2.75, 3.05) is 96.4 Å². The molecule has 0 radical (unpaired) electrons. The number of aryl methyl sites for hydroxylation is 1. The highest BCUT2D eigenvalue weighted by Crippen LogP contribution is 2.42. The molecule has 3 amide bonds. The smallest absolute Gasteiger partial charge is 0.409 e. The van der Waals surface area contributed by atoms with E-state index in [2.05, 4.69) is 27.6 Å². The molecular formula is C43H58N6O8. The average molecular weight is 787 g/mol. The summed E-state index contributed by atoms with van der Waals surface area (Å²) >= 11 is 0. The first-order valence-electron chi connectivity index (χ1n) is 20.2. The van der Waals surface area contributed by atoms with Gasteiger partial charge in [-0.2, -0.15) is 0 Å². The second kappa shape index (κ2) is 21.8. The molecule has 57 heavy (non-hydrogen) atoms. The van der Waals surface area contributed by atoms with E-state index in [1.807, 2.05) is 59.5 Å². The van der Waals surface area contributed by atoms with Crippen LogP contribution >= 0.6 is 0 Å². The van der Waals surface area contributed by atoms with Gasteiger partial charge < -0.3 is 43.2 Å². The van der Waals surface area contributed by atoms with E-state index in [0.29, 0.717) is 109 Å². The molecule has 2 atom stereocenters. The number of benzene rings is 2. The van der Waals surface area contributed by atoms with E-state index in [0.717, 1.165) is 49.4 Å². The van der Waals surface area contributed by atoms with Crippen molar-refractivity contribution >= 4 is 23.5 Å². The van der Waals surface area contributed by atoms with Gasteiger partial charge in [-0.1, -0.05) is 24.1 Å². The number of nitrogens with one attached hydrogen (secondary N) is 1. The monoisotopic (exact) mass is 786 g/mol. The van der Waals surface area contributed by atoms with Crippen molar-refractivity contribution in [1.29, 1.82) is 0 Å². The van der Waals surface area contributed by atoms with Crippen LogP contribution in [0.5, 0.6) is 5.75 Å². The molecule has 3 aliphatic heterocycles. The first-order valence-corrected chi connectivity index (χ1v) is 20.2. The van der Waals surface area contributed by atoms with Crippen LogP contribution in [0.1, 0.15) is 55.4 Å². The number of methoxy groups -OCH3 is 1. The maximum absolute atomic E-state index is 13.7. The number of anilines is 2. The van der Waals surface area contributed by atoms with E-state index < -0.39 is 0 Å². The van der Waals surface area contributed by atoms with Crippen LogP contribution in [-0.4, -0.2) is 130 Å². The van der Waals surface area contributed by atoms with Crippen molar-refractivity contribution in [3.8, 4) is 18.1 Å². The minimum Gasteiger partial charge on any atom is -0.491 e. The van der Waals surface area contributed by atoms with Crippen molar-refractivity contribution < 1.29 is 38.0 Å². The third-order valence-corrected chi connectivity index (χ3v) is 10.9. The molecule has 6 rings (SSSR count).